The second kappa shape index (κ2) is 8.40. The lowest BCUT2D eigenvalue weighted by molar-refractivity contribution is -0.0303. The predicted octanol–water partition coefficient (Wildman–Crippen LogP) is 7.06. The van der Waals surface area contributed by atoms with Gasteiger partial charge in [0, 0.05) is 20.1 Å². The van der Waals surface area contributed by atoms with Crippen molar-refractivity contribution in [3.05, 3.63) is 67.6 Å². The van der Waals surface area contributed by atoms with Crippen molar-refractivity contribution >= 4 is 52.4 Å². The zero-order valence-corrected chi connectivity index (χ0v) is 20.7. The Labute approximate surface area is 198 Å². The summed E-state index contributed by atoms with van der Waals surface area (Å²) >= 11 is 24.9. The summed E-state index contributed by atoms with van der Waals surface area (Å²) in [7, 11) is 1.98. The molecule has 0 bridgehead atoms. The van der Waals surface area contributed by atoms with Crippen molar-refractivity contribution in [1.82, 2.24) is 14.7 Å². The summed E-state index contributed by atoms with van der Waals surface area (Å²) < 4.78 is 0. The number of halogens is 4. The first-order valence-electron chi connectivity index (χ1n) is 9.53. The van der Waals surface area contributed by atoms with Crippen LogP contribution < -0.4 is 0 Å². The van der Waals surface area contributed by atoms with E-state index in [1.165, 1.54) is 0 Å². The summed E-state index contributed by atoms with van der Waals surface area (Å²) in [6.45, 7) is 8.92. The van der Waals surface area contributed by atoms with Crippen molar-refractivity contribution in [3.8, 4) is 0 Å². The van der Waals surface area contributed by atoms with Gasteiger partial charge in [0.2, 0.25) is 0 Å². The fourth-order valence-electron chi connectivity index (χ4n) is 3.75. The van der Waals surface area contributed by atoms with E-state index in [-0.39, 0.29) is 6.03 Å². The van der Waals surface area contributed by atoms with E-state index in [9.17, 15) is 4.79 Å². The van der Waals surface area contributed by atoms with Gasteiger partial charge in [0.25, 0.3) is 0 Å². The van der Waals surface area contributed by atoms with E-state index in [0.29, 0.717) is 33.4 Å². The SMILES string of the molecule is CN1CN(C(C)(C)c2cc(Cl)cc(Cl)c2)C(=O)N(C(C)(C)c2cc(Cl)cc(Cl)c2)C1. The summed E-state index contributed by atoms with van der Waals surface area (Å²) in [5.74, 6) is 0. The Morgan fingerprint density at radius 3 is 1.27 bits per heavy atom. The number of nitrogens with zero attached hydrogens (tertiary/aromatic N) is 3. The van der Waals surface area contributed by atoms with E-state index in [4.69, 9.17) is 46.4 Å². The Balaban J connectivity index is 2.02. The van der Waals surface area contributed by atoms with Crippen LogP contribution in [0.15, 0.2) is 36.4 Å². The highest BCUT2D eigenvalue weighted by atomic mass is 35.5. The van der Waals surface area contributed by atoms with Crippen LogP contribution in [0.4, 0.5) is 4.79 Å². The van der Waals surface area contributed by atoms with Gasteiger partial charge in [-0.05, 0) is 82.3 Å². The number of rotatable bonds is 4. The Hall–Kier alpha value is -1.17. The molecule has 2 amide bonds. The third-order valence-corrected chi connectivity index (χ3v) is 6.59. The molecular formula is C22H25Cl4N3O. The number of carbonyl (C=O) groups excluding carboxylic acids is 1. The van der Waals surface area contributed by atoms with Gasteiger partial charge in [-0.2, -0.15) is 0 Å². The van der Waals surface area contributed by atoms with Gasteiger partial charge in [-0.25, -0.2) is 4.79 Å². The lowest BCUT2D eigenvalue weighted by Crippen LogP contribution is -2.65. The predicted molar refractivity (Wildman–Crippen MR) is 126 cm³/mol. The molecule has 2 aromatic carbocycles. The molecule has 1 aliphatic heterocycles. The molecule has 0 radical (unpaired) electrons. The number of hydrogen-bond acceptors (Lipinski definition) is 2. The van der Waals surface area contributed by atoms with Crippen LogP contribution >= 0.6 is 46.4 Å². The zero-order valence-electron chi connectivity index (χ0n) is 17.6. The molecule has 1 saturated heterocycles. The third-order valence-electron chi connectivity index (χ3n) is 5.72. The van der Waals surface area contributed by atoms with Crippen LogP contribution in [0.25, 0.3) is 0 Å². The highest BCUT2D eigenvalue weighted by molar-refractivity contribution is 6.35. The van der Waals surface area contributed by atoms with Crippen LogP contribution in [0.3, 0.4) is 0 Å². The molecule has 0 aromatic heterocycles. The normalized spacial score (nSPS) is 16.4. The average Bonchev–Trinajstić information content (AvgIpc) is 2.61. The largest absolute Gasteiger partial charge is 0.323 e. The standard InChI is InChI=1S/C22H25Cl4N3O/c1-21(2,14-6-16(23)10-17(24)7-14)28-12-27(5)13-29(20(28)30)22(3,4)15-8-18(25)11-19(26)9-15/h6-11H,12-13H2,1-5H3. The first kappa shape index (κ1) is 23.5. The summed E-state index contributed by atoms with van der Waals surface area (Å²) in [6, 6.07) is 10.7. The number of amides is 2. The monoisotopic (exact) mass is 487 g/mol. The highest BCUT2D eigenvalue weighted by Gasteiger charge is 2.44. The Kier molecular flexibility index (Phi) is 6.58. The molecule has 0 unspecified atom stereocenters. The quantitative estimate of drug-likeness (QED) is 0.460. The molecule has 1 heterocycles. The Morgan fingerprint density at radius 2 is 0.967 bits per heavy atom. The van der Waals surface area contributed by atoms with Crippen LogP contribution in [-0.2, 0) is 11.1 Å². The maximum Gasteiger partial charge on any atom is 0.323 e. The van der Waals surface area contributed by atoms with Crippen molar-refractivity contribution in [2.75, 3.05) is 20.4 Å². The van der Waals surface area contributed by atoms with Crippen molar-refractivity contribution in [2.24, 2.45) is 0 Å². The van der Waals surface area contributed by atoms with Crippen LogP contribution in [0, 0.1) is 0 Å². The van der Waals surface area contributed by atoms with Crippen LogP contribution in [0.2, 0.25) is 20.1 Å². The second-order valence-electron chi connectivity index (χ2n) is 8.71. The first-order chi connectivity index (χ1) is 13.8. The molecule has 3 rings (SSSR count). The first-order valence-corrected chi connectivity index (χ1v) is 11.0. The number of urea groups is 1. The smallest absolute Gasteiger partial charge is 0.302 e. The lowest BCUT2D eigenvalue weighted by Gasteiger charge is -2.52. The zero-order chi connectivity index (χ0) is 22.4. The van der Waals surface area contributed by atoms with Crippen LogP contribution in [0.5, 0.6) is 0 Å². The van der Waals surface area contributed by atoms with E-state index >= 15 is 0 Å². The van der Waals surface area contributed by atoms with Gasteiger partial charge >= 0.3 is 6.03 Å². The minimum atomic E-state index is -0.638. The minimum Gasteiger partial charge on any atom is -0.302 e. The van der Waals surface area contributed by atoms with Gasteiger partial charge in [0.05, 0.1) is 24.4 Å². The van der Waals surface area contributed by atoms with Gasteiger partial charge in [-0.1, -0.05) is 46.4 Å². The van der Waals surface area contributed by atoms with Gasteiger partial charge in [0.15, 0.2) is 0 Å². The summed E-state index contributed by atoms with van der Waals surface area (Å²) in [5.41, 5.74) is 0.459. The average molecular weight is 489 g/mol. The van der Waals surface area contributed by atoms with E-state index in [2.05, 4.69) is 4.90 Å². The molecule has 0 spiro atoms. The van der Waals surface area contributed by atoms with E-state index in [1.54, 1.807) is 12.1 Å². The topological polar surface area (TPSA) is 26.8 Å². The van der Waals surface area contributed by atoms with E-state index in [0.717, 1.165) is 11.1 Å². The lowest BCUT2D eigenvalue weighted by atomic mass is 9.90. The number of hydrogen-bond donors (Lipinski definition) is 0. The van der Waals surface area contributed by atoms with E-state index < -0.39 is 11.1 Å². The molecule has 8 heteroatoms. The maximum absolute atomic E-state index is 13.7. The van der Waals surface area contributed by atoms with Gasteiger partial charge in [-0.15, -0.1) is 0 Å². The third kappa shape index (κ3) is 4.53. The molecule has 0 aliphatic carbocycles. The van der Waals surface area contributed by atoms with Crippen molar-refractivity contribution in [1.29, 1.82) is 0 Å². The second-order valence-corrected chi connectivity index (χ2v) is 10.5. The van der Waals surface area contributed by atoms with Gasteiger partial charge in [-0.3, -0.25) is 4.90 Å². The Bertz CT molecular complexity index is 861. The molecule has 4 nitrogen and oxygen atoms in total. The minimum absolute atomic E-state index is 0.0877. The molecule has 2 aromatic rings. The fraction of sp³-hybridized carbons (Fsp3) is 0.409. The molecule has 1 fully saturated rings. The summed E-state index contributed by atoms with van der Waals surface area (Å²) in [4.78, 5) is 19.5. The number of carbonyl (C=O) groups is 1. The molecular weight excluding hydrogens is 464 g/mol. The van der Waals surface area contributed by atoms with Crippen molar-refractivity contribution in [2.45, 2.75) is 38.8 Å². The Morgan fingerprint density at radius 1 is 0.667 bits per heavy atom. The van der Waals surface area contributed by atoms with Crippen molar-refractivity contribution in [3.63, 3.8) is 0 Å². The van der Waals surface area contributed by atoms with E-state index in [1.807, 2.05) is 68.8 Å². The van der Waals surface area contributed by atoms with Gasteiger partial charge < -0.3 is 9.80 Å². The van der Waals surface area contributed by atoms with Crippen LogP contribution in [0.1, 0.15) is 38.8 Å². The molecule has 0 N–H and O–H groups in total. The summed E-state index contributed by atoms with van der Waals surface area (Å²) in [6.07, 6.45) is 0. The molecule has 0 atom stereocenters. The van der Waals surface area contributed by atoms with Crippen LogP contribution in [-0.4, -0.2) is 41.1 Å². The fourth-order valence-corrected chi connectivity index (χ4v) is 4.80. The molecule has 162 valence electrons. The molecule has 30 heavy (non-hydrogen) atoms. The van der Waals surface area contributed by atoms with Gasteiger partial charge in [0.1, 0.15) is 0 Å². The maximum atomic E-state index is 13.7. The number of benzene rings is 2. The molecule has 1 aliphatic rings. The molecule has 0 saturated carbocycles. The summed E-state index contributed by atoms with van der Waals surface area (Å²) in [5, 5.41) is 2.14. The highest BCUT2D eigenvalue weighted by Crippen LogP contribution is 2.38. The van der Waals surface area contributed by atoms with Crippen molar-refractivity contribution < 1.29 is 4.79 Å².